The molecule has 0 spiro atoms. The third-order valence-electron chi connectivity index (χ3n) is 3.51. The molecule has 0 N–H and O–H groups in total. The van der Waals surface area contributed by atoms with Crippen LogP contribution in [0.3, 0.4) is 0 Å². The SMILES string of the molecule is c1ccc2c(CSc3nc4ccccc4s3)cccc2c1. The minimum absolute atomic E-state index is 0.959. The van der Waals surface area contributed by atoms with Crippen LogP contribution in [-0.4, -0.2) is 4.98 Å². The van der Waals surface area contributed by atoms with Gasteiger partial charge in [0, 0.05) is 5.75 Å². The van der Waals surface area contributed by atoms with Gasteiger partial charge < -0.3 is 0 Å². The molecule has 0 amide bonds. The molecule has 4 aromatic rings. The Labute approximate surface area is 131 Å². The molecule has 3 aromatic carbocycles. The van der Waals surface area contributed by atoms with Crippen LogP contribution in [0.1, 0.15) is 5.56 Å². The van der Waals surface area contributed by atoms with Gasteiger partial charge >= 0.3 is 0 Å². The summed E-state index contributed by atoms with van der Waals surface area (Å²) in [6, 6.07) is 23.4. The molecule has 0 aliphatic heterocycles. The third-order valence-corrected chi connectivity index (χ3v) is 5.73. The Kier molecular flexibility index (Phi) is 3.37. The second kappa shape index (κ2) is 5.51. The van der Waals surface area contributed by atoms with Crippen LogP contribution in [0, 0.1) is 0 Å². The zero-order valence-electron chi connectivity index (χ0n) is 11.3. The number of fused-ring (bicyclic) bond motifs is 2. The van der Waals surface area contributed by atoms with Crippen LogP contribution >= 0.6 is 23.1 Å². The van der Waals surface area contributed by atoms with E-state index in [9.17, 15) is 0 Å². The first-order valence-corrected chi connectivity index (χ1v) is 8.65. The number of thioether (sulfide) groups is 1. The summed E-state index contributed by atoms with van der Waals surface area (Å²) in [6.07, 6.45) is 0. The van der Waals surface area contributed by atoms with E-state index in [0.717, 1.165) is 15.6 Å². The predicted molar refractivity (Wildman–Crippen MR) is 93.1 cm³/mol. The van der Waals surface area contributed by atoms with Gasteiger partial charge in [-0.2, -0.15) is 0 Å². The molecule has 21 heavy (non-hydrogen) atoms. The van der Waals surface area contributed by atoms with Crippen molar-refractivity contribution in [2.75, 3.05) is 0 Å². The van der Waals surface area contributed by atoms with Crippen LogP contribution in [0.5, 0.6) is 0 Å². The summed E-state index contributed by atoms with van der Waals surface area (Å²) in [5, 5.41) is 2.65. The monoisotopic (exact) mass is 307 g/mol. The van der Waals surface area contributed by atoms with Crippen molar-refractivity contribution in [1.29, 1.82) is 0 Å². The maximum atomic E-state index is 4.69. The topological polar surface area (TPSA) is 12.9 Å². The van der Waals surface area contributed by atoms with Crippen molar-refractivity contribution in [1.82, 2.24) is 4.98 Å². The first-order valence-electron chi connectivity index (χ1n) is 6.85. The predicted octanol–water partition coefficient (Wildman–Crippen LogP) is 5.74. The fourth-order valence-corrected chi connectivity index (χ4v) is 4.54. The second-order valence-electron chi connectivity index (χ2n) is 4.87. The summed E-state index contributed by atoms with van der Waals surface area (Å²) in [4.78, 5) is 4.69. The molecular weight excluding hydrogens is 294 g/mol. The van der Waals surface area contributed by atoms with Crippen LogP contribution in [0.4, 0.5) is 0 Å². The fourth-order valence-electron chi connectivity index (χ4n) is 2.47. The van der Waals surface area contributed by atoms with Crippen molar-refractivity contribution >= 4 is 44.1 Å². The molecule has 3 heteroatoms. The van der Waals surface area contributed by atoms with Crippen molar-refractivity contribution in [3.63, 3.8) is 0 Å². The Hall–Kier alpha value is -1.84. The maximum absolute atomic E-state index is 4.69. The lowest BCUT2D eigenvalue weighted by molar-refractivity contribution is 1.29. The van der Waals surface area contributed by atoms with E-state index in [1.54, 1.807) is 11.3 Å². The standard InChI is InChI=1S/C18H13NS2/c1-2-9-15-13(6-1)7-5-8-14(15)12-20-18-19-16-10-3-4-11-17(16)21-18/h1-11H,12H2. The molecule has 102 valence electrons. The zero-order valence-corrected chi connectivity index (χ0v) is 13.0. The lowest BCUT2D eigenvalue weighted by Crippen LogP contribution is -1.83. The molecular formula is C18H13NS2. The van der Waals surface area contributed by atoms with Crippen LogP contribution in [0.15, 0.2) is 71.1 Å². The highest BCUT2D eigenvalue weighted by Crippen LogP contribution is 2.32. The zero-order chi connectivity index (χ0) is 14.1. The molecule has 0 fully saturated rings. The molecule has 0 radical (unpaired) electrons. The van der Waals surface area contributed by atoms with E-state index >= 15 is 0 Å². The van der Waals surface area contributed by atoms with Gasteiger partial charge in [-0.3, -0.25) is 0 Å². The molecule has 0 aliphatic carbocycles. The average Bonchev–Trinajstić information content (AvgIpc) is 2.96. The molecule has 0 unspecified atom stereocenters. The normalized spacial score (nSPS) is 11.2. The van der Waals surface area contributed by atoms with Crippen LogP contribution < -0.4 is 0 Å². The molecule has 0 aliphatic rings. The van der Waals surface area contributed by atoms with Gasteiger partial charge in [-0.15, -0.1) is 11.3 Å². The van der Waals surface area contributed by atoms with Gasteiger partial charge in [0.2, 0.25) is 0 Å². The van der Waals surface area contributed by atoms with Crippen LogP contribution in [-0.2, 0) is 5.75 Å². The number of hydrogen-bond donors (Lipinski definition) is 0. The fraction of sp³-hybridized carbons (Fsp3) is 0.0556. The van der Waals surface area contributed by atoms with E-state index in [1.165, 1.54) is 21.0 Å². The van der Waals surface area contributed by atoms with E-state index in [0.29, 0.717) is 0 Å². The summed E-state index contributed by atoms with van der Waals surface area (Å²) >= 11 is 3.60. The number of rotatable bonds is 3. The van der Waals surface area contributed by atoms with Gasteiger partial charge in [0.15, 0.2) is 4.34 Å². The second-order valence-corrected chi connectivity index (χ2v) is 7.13. The molecule has 1 aromatic heterocycles. The van der Waals surface area contributed by atoms with Gasteiger partial charge in [0.05, 0.1) is 10.2 Å². The van der Waals surface area contributed by atoms with Gasteiger partial charge in [-0.25, -0.2) is 4.98 Å². The Morgan fingerprint density at radius 1 is 0.857 bits per heavy atom. The number of benzene rings is 3. The largest absolute Gasteiger partial charge is 0.230 e. The highest BCUT2D eigenvalue weighted by molar-refractivity contribution is 8.00. The van der Waals surface area contributed by atoms with Crippen molar-refractivity contribution in [3.05, 3.63) is 72.3 Å². The molecule has 1 nitrogen and oxygen atoms in total. The minimum Gasteiger partial charge on any atom is -0.230 e. The van der Waals surface area contributed by atoms with E-state index < -0.39 is 0 Å². The third kappa shape index (κ3) is 2.55. The molecule has 1 heterocycles. The molecule has 0 saturated heterocycles. The Morgan fingerprint density at radius 3 is 2.62 bits per heavy atom. The Morgan fingerprint density at radius 2 is 1.67 bits per heavy atom. The van der Waals surface area contributed by atoms with E-state index in [2.05, 4.69) is 65.6 Å². The number of hydrogen-bond acceptors (Lipinski definition) is 3. The highest BCUT2D eigenvalue weighted by atomic mass is 32.2. The van der Waals surface area contributed by atoms with E-state index in [1.807, 2.05) is 17.8 Å². The highest BCUT2D eigenvalue weighted by Gasteiger charge is 2.06. The number of nitrogens with zero attached hydrogens (tertiary/aromatic N) is 1. The number of thiazole rings is 1. The van der Waals surface area contributed by atoms with Gasteiger partial charge in [-0.1, -0.05) is 66.4 Å². The van der Waals surface area contributed by atoms with Gasteiger partial charge in [-0.05, 0) is 28.5 Å². The summed E-state index contributed by atoms with van der Waals surface area (Å²) < 4.78 is 2.40. The summed E-state index contributed by atoms with van der Waals surface area (Å²) in [5.41, 5.74) is 2.47. The smallest absolute Gasteiger partial charge is 0.151 e. The first kappa shape index (κ1) is 12.9. The van der Waals surface area contributed by atoms with Gasteiger partial charge in [0.1, 0.15) is 0 Å². The van der Waals surface area contributed by atoms with Crippen LogP contribution in [0.2, 0.25) is 0 Å². The van der Waals surface area contributed by atoms with E-state index in [4.69, 9.17) is 0 Å². The number of aromatic nitrogens is 1. The summed E-state index contributed by atoms with van der Waals surface area (Å²) in [5.74, 6) is 0.959. The van der Waals surface area contributed by atoms with Crippen molar-refractivity contribution in [2.24, 2.45) is 0 Å². The van der Waals surface area contributed by atoms with Crippen molar-refractivity contribution in [2.45, 2.75) is 10.1 Å². The summed E-state index contributed by atoms with van der Waals surface area (Å²) in [7, 11) is 0. The maximum Gasteiger partial charge on any atom is 0.151 e. The van der Waals surface area contributed by atoms with Crippen molar-refractivity contribution < 1.29 is 0 Å². The lowest BCUT2D eigenvalue weighted by Gasteiger charge is -2.04. The number of para-hydroxylation sites is 1. The summed E-state index contributed by atoms with van der Waals surface area (Å²) in [6.45, 7) is 0. The Balaban J connectivity index is 1.63. The average molecular weight is 307 g/mol. The first-order chi connectivity index (χ1) is 10.4. The quantitative estimate of drug-likeness (QED) is 0.447. The van der Waals surface area contributed by atoms with Crippen LogP contribution in [0.25, 0.3) is 21.0 Å². The molecule has 0 saturated carbocycles. The lowest BCUT2D eigenvalue weighted by atomic mass is 10.1. The van der Waals surface area contributed by atoms with Gasteiger partial charge in [0.25, 0.3) is 0 Å². The molecule has 0 atom stereocenters. The molecule has 4 rings (SSSR count). The Bertz CT molecular complexity index is 873. The van der Waals surface area contributed by atoms with Crippen molar-refractivity contribution in [3.8, 4) is 0 Å². The molecule has 0 bridgehead atoms. The van der Waals surface area contributed by atoms with E-state index in [-0.39, 0.29) is 0 Å². The minimum atomic E-state index is 0.959.